The molecule has 24 heavy (non-hydrogen) atoms. The van der Waals surface area contributed by atoms with Gasteiger partial charge in [0.05, 0.1) is 17.3 Å². The highest BCUT2D eigenvalue weighted by Crippen LogP contribution is 2.36. The molecule has 0 radical (unpaired) electrons. The van der Waals surface area contributed by atoms with E-state index < -0.39 is 0 Å². The molecule has 2 aromatic heterocycles. The number of aryl methyl sites for hydroxylation is 1. The van der Waals surface area contributed by atoms with Crippen LogP contribution >= 0.6 is 0 Å². The number of rotatable bonds is 5. The van der Waals surface area contributed by atoms with Crippen LogP contribution in [0.5, 0.6) is 0 Å². The number of aliphatic hydroxyl groups excluding tert-OH is 1. The van der Waals surface area contributed by atoms with Crippen molar-refractivity contribution in [1.29, 1.82) is 0 Å². The zero-order valence-electron chi connectivity index (χ0n) is 14.9. The average Bonchev–Trinajstić information content (AvgIpc) is 2.61. The number of pyridine rings is 1. The van der Waals surface area contributed by atoms with E-state index in [1.807, 2.05) is 12.4 Å². The summed E-state index contributed by atoms with van der Waals surface area (Å²) in [5.41, 5.74) is 3.30. The molecule has 0 saturated heterocycles. The van der Waals surface area contributed by atoms with Gasteiger partial charge in [0.1, 0.15) is 0 Å². The van der Waals surface area contributed by atoms with Crippen molar-refractivity contribution in [2.75, 3.05) is 5.32 Å². The molecular formula is C19H28N4O. The van der Waals surface area contributed by atoms with Gasteiger partial charge in [0.15, 0.2) is 0 Å². The lowest BCUT2D eigenvalue weighted by atomic mass is 9.82. The summed E-state index contributed by atoms with van der Waals surface area (Å²) in [5, 5.41) is 14.2. The highest BCUT2D eigenvalue weighted by atomic mass is 16.3. The zero-order valence-corrected chi connectivity index (χ0v) is 14.9. The first-order chi connectivity index (χ1) is 11.6. The molecule has 5 heteroatoms. The van der Waals surface area contributed by atoms with Crippen LogP contribution in [0, 0.1) is 0 Å². The molecule has 0 unspecified atom stereocenters. The van der Waals surface area contributed by atoms with Crippen molar-refractivity contribution in [2.24, 2.45) is 0 Å². The number of hydrogen-bond donors (Lipinski definition) is 2. The largest absolute Gasteiger partial charge is 0.393 e. The molecule has 1 aliphatic carbocycles. The van der Waals surface area contributed by atoms with Gasteiger partial charge in [-0.2, -0.15) is 0 Å². The van der Waals surface area contributed by atoms with Gasteiger partial charge in [0.25, 0.3) is 0 Å². The van der Waals surface area contributed by atoms with E-state index in [0.29, 0.717) is 17.9 Å². The fraction of sp³-hybridized carbons (Fsp3) is 0.632. The van der Waals surface area contributed by atoms with Crippen molar-refractivity contribution in [3.8, 4) is 0 Å². The highest BCUT2D eigenvalue weighted by molar-refractivity contribution is 5.84. The average molecular weight is 328 g/mol. The molecule has 0 bridgehead atoms. The zero-order chi connectivity index (χ0) is 17.1. The van der Waals surface area contributed by atoms with Crippen molar-refractivity contribution in [2.45, 2.75) is 77.4 Å². The molecule has 130 valence electrons. The maximum Gasteiger partial charge on any atom is 0.223 e. The molecule has 1 atom stereocenters. The standard InChI is InChI=1S/C19H28N4O/c1-4-12(3)22-19-21-11-16-17(5-2)20-10-15(18(16)23-19)13-6-8-14(24)9-7-13/h10-14,24H,4-9H2,1-3H3,(H,21,22,23)/t12-,13?,14?/m0/s1. The number of nitrogens with one attached hydrogen (secondary N) is 1. The second-order valence-corrected chi connectivity index (χ2v) is 6.93. The summed E-state index contributed by atoms with van der Waals surface area (Å²) in [4.78, 5) is 14.0. The Morgan fingerprint density at radius 1 is 1.17 bits per heavy atom. The van der Waals surface area contributed by atoms with E-state index in [1.165, 1.54) is 5.56 Å². The molecule has 2 aromatic rings. The summed E-state index contributed by atoms with van der Waals surface area (Å²) in [6, 6.07) is 0.350. The van der Waals surface area contributed by atoms with E-state index in [4.69, 9.17) is 4.98 Å². The molecule has 5 nitrogen and oxygen atoms in total. The Bertz CT molecular complexity index is 695. The molecule has 0 spiro atoms. The molecule has 0 amide bonds. The third-order valence-corrected chi connectivity index (χ3v) is 5.19. The van der Waals surface area contributed by atoms with E-state index in [1.54, 1.807) is 0 Å². The van der Waals surface area contributed by atoms with E-state index >= 15 is 0 Å². The van der Waals surface area contributed by atoms with Crippen LogP contribution < -0.4 is 5.32 Å². The first kappa shape index (κ1) is 17.1. The molecular weight excluding hydrogens is 300 g/mol. The Kier molecular flexibility index (Phi) is 5.29. The number of aromatic nitrogens is 3. The van der Waals surface area contributed by atoms with Crippen LogP contribution in [0.1, 0.15) is 70.1 Å². The van der Waals surface area contributed by atoms with Crippen molar-refractivity contribution in [1.82, 2.24) is 15.0 Å². The number of fused-ring (bicyclic) bond motifs is 1. The Balaban J connectivity index is 2.02. The maximum absolute atomic E-state index is 9.79. The fourth-order valence-electron chi connectivity index (χ4n) is 3.45. The first-order valence-corrected chi connectivity index (χ1v) is 9.21. The minimum atomic E-state index is -0.146. The van der Waals surface area contributed by atoms with Gasteiger partial charge in [-0.25, -0.2) is 9.97 Å². The predicted octanol–water partition coefficient (Wildman–Crippen LogP) is 3.82. The topological polar surface area (TPSA) is 70.9 Å². The number of anilines is 1. The quantitative estimate of drug-likeness (QED) is 0.873. The minimum Gasteiger partial charge on any atom is -0.393 e. The molecule has 2 N–H and O–H groups in total. The van der Waals surface area contributed by atoms with Crippen LogP contribution in [-0.2, 0) is 6.42 Å². The first-order valence-electron chi connectivity index (χ1n) is 9.21. The van der Waals surface area contributed by atoms with Crippen molar-refractivity contribution in [3.63, 3.8) is 0 Å². The van der Waals surface area contributed by atoms with Crippen LogP contribution in [0.25, 0.3) is 10.9 Å². The normalized spacial score (nSPS) is 22.5. The van der Waals surface area contributed by atoms with Crippen LogP contribution in [0.2, 0.25) is 0 Å². The molecule has 3 rings (SSSR count). The SMILES string of the molecule is CCc1ncc(C2CCC(O)CC2)c2nc(N[C@@H](C)CC)ncc12. The molecule has 1 aliphatic rings. The van der Waals surface area contributed by atoms with Gasteiger partial charge in [-0.05, 0) is 51.4 Å². The summed E-state index contributed by atoms with van der Waals surface area (Å²) in [5.74, 6) is 1.13. The Labute approximate surface area is 143 Å². The smallest absolute Gasteiger partial charge is 0.223 e. The highest BCUT2D eigenvalue weighted by Gasteiger charge is 2.24. The Hall–Kier alpha value is -1.75. The van der Waals surface area contributed by atoms with E-state index in [0.717, 1.165) is 55.1 Å². The summed E-state index contributed by atoms with van der Waals surface area (Å²) in [6.07, 6.45) is 9.42. The number of hydrogen-bond acceptors (Lipinski definition) is 5. The molecule has 0 aliphatic heterocycles. The lowest BCUT2D eigenvalue weighted by molar-refractivity contribution is 0.122. The number of aliphatic hydroxyl groups is 1. The van der Waals surface area contributed by atoms with Crippen LogP contribution in [-0.4, -0.2) is 32.2 Å². The summed E-state index contributed by atoms with van der Waals surface area (Å²) >= 11 is 0. The van der Waals surface area contributed by atoms with Gasteiger partial charge in [0.2, 0.25) is 5.95 Å². The van der Waals surface area contributed by atoms with E-state index in [2.05, 4.69) is 36.1 Å². The Morgan fingerprint density at radius 3 is 2.58 bits per heavy atom. The van der Waals surface area contributed by atoms with Crippen molar-refractivity contribution < 1.29 is 5.11 Å². The van der Waals surface area contributed by atoms with Crippen molar-refractivity contribution >= 4 is 16.9 Å². The molecule has 0 aromatic carbocycles. The van der Waals surface area contributed by atoms with Gasteiger partial charge in [0, 0.05) is 29.4 Å². The third kappa shape index (κ3) is 3.51. The molecule has 1 fully saturated rings. The van der Waals surface area contributed by atoms with Gasteiger partial charge in [-0.15, -0.1) is 0 Å². The van der Waals surface area contributed by atoms with Gasteiger partial charge in [-0.3, -0.25) is 4.98 Å². The van der Waals surface area contributed by atoms with Crippen molar-refractivity contribution in [3.05, 3.63) is 23.7 Å². The van der Waals surface area contributed by atoms with Crippen LogP contribution in [0.4, 0.5) is 5.95 Å². The summed E-state index contributed by atoms with van der Waals surface area (Å²) < 4.78 is 0. The minimum absolute atomic E-state index is 0.146. The second kappa shape index (κ2) is 7.43. The lowest BCUT2D eigenvalue weighted by Gasteiger charge is -2.26. The van der Waals surface area contributed by atoms with E-state index in [9.17, 15) is 5.11 Å². The van der Waals surface area contributed by atoms with Gasteiger partial charge >= 0.3 is 0 Å². The third-order valence-electron chi connectivity index (χ3n) is 5.19. The predicted molar refractivity (Wildman–Crippen MR) is 97.3 cm³/mol. The van der Waals surface area contributed by atoms with E-state index in [-0.39, 0.29) is 6.10 Å². The summed E-state index contributed by atoms with van der Waals surface area (Å²) in [6.45, 7) is 6.40. The molecule has 1 saturated carbocycles. The summed E-state index contributed by atoms with van der Waals surface area (Å²) in [7, 11) is 0. The van der Waals surface area contributed by atoms with Gasteiger partial charge in [-0.1, -0.05) is 13.8 Å². The maximum atomic E-state index is 9.79. The monoisotopic (exact) mass is 328 g/mol. The molecule has 2 heterocycles. The lowest BCUT2D eigenvalue weighted by Crippen LogP contribution is -2.18. The Morgan fingerprint density at radius 2 is 1.92 bits per heavy atom. The second-order valence-electron chi connectivity index (χ2n) is 6.93. The number of nitrogens with zero attached hydrogens (tertiary/aromatic N) is 3. The fourth-order valence-corrected chi connectivity index (χ4v) is 3.45. The van der Waals surface area contributed by atoms with Crippen LogP contribution in [0.15, 0.2) is 12.4 Å². The van der Waals surface area contributed by atoms with Gasteiger partial charge < -0.3 is 10.4 Å². The van der Waals surface area contributed by atoms with Crippen LogP contribution in [0.3, 0.4) is 0 Å².